The van der Waals surface area contributed by atoms with Gasteiger partial charge < -0.3 is 14.7 Å². The number of aliphatic hydroxyl groups excluding tert-OH is 1. The summed E-state index contributed by atoms with van der Waals surface area (Å²) in [6.45, 7) is 5.57. The van der Waals surface area contributed by atoms with Crippen molar-refractivity contribution in [2.24, 2.45) is 0 Å². The molecule has 0 aromatic heterocycles. The summed E-state index contributed by atoms with van der Waals surface area (Å²) in [5.41, 5.74) is 0.519. The van der Waals surface area contributed by atoms with Crippen molar-refractivity contribution in [3.63, 3.8) is 0 Å². The third kappa shape index (κ3) is 3.78. The molecule has 3 rings (SSSR count). The topological polar surface area (TPSA) is 70.1 Å². The number of ether oxygens (including phenoxy) is 1. The minimum Gasteiger partial charge on any atom is -0.503 e. The second-order valence-corrected chi connectivity index (χ2v) is 6.58. The molecule has 6 nitrogen and oxygen atoms in total. The van der Waals surface area contributed by atoms with E-state index >= 15 is 0 Å². The highest BCUT2D eigenvalue weighted by Crippen LogP contribution is 2.37. The lowest BCUT2D eigenvalue weighted by atomic mass is 9.96. The minimum absolute atomic E-state index is 0.0342. The Morgan fingerprint density at radius 1 is 1.31 bits per heavy atom. The molecule has 0 bridgehead atoms. The molecule has 1 N–H and O–H groups in total. The van der Waals surface area contributed by atoms with Crippen LogP contribution in [0.2, 0.25) is 0 Å². The van der Waals surface area contributed by atoms with Crippen molar-refractivity contribution in [1.82, 2.24) is 9.80 Å². The summed E-state index contributed by atoms with van der Waals surface area (Å²) in [4.78, 5) is 28.2. The molecular weight excluding hydrogens is 339 g/mol. The van der Waals surface area contributed by atoms with Gasteiger partial charge in [-0.25, -0.2) is 4.39 Å². The van der Waals surface area contributed by atoms with Gasteiger partial charge in [0.1, 0.15) is 5.82 Å². The van der Waals surface area contributed by atoms with Gasteiger partial charge in [-0.2, -0.15) is 0 Å². The second-order valence-electron chi connectivity index (χ2n) is 6.58. The highest BCUT2D eigenvalue weighted by Gasteiger charge is 2.42. The standard InChI is InChI=1S/C19H23FN2O4/c1-13(23)16-17(14-4-2-5-15(20)12-14)22(19(25)18(16)24)7-3-6-21-8-10-26-11-9-21/h2,4-5,12,17,24H,3,6-11H2,1H3. The molecule has 1 atom stereocenters. The number of ketones is 1. The second kappa shape index (κ2) is 7.97. The van der Waals surface area contributed by atoms with Gasteiger partial charge >= 0.3 is 0 Å². The lowest BCUT2D eigenvalue weighted by Gasteiger charge is -2.29. The van der Waals surface area contributed by atoms with Crippen LogP contribution >= 0.6 is 0 Å². The fraction of sp³-hybridized carbons (Fsp3) is 0.474. The number of carbonyl (C=O) groups excluding carboxylic acids is 2. The summed E-state index contributed by atoms with van der Waals surface area (Å²) < 4.78 is 19.0. The minimum atomic E-state index is -0.750. The molecule has 1 unspecified atom stereocenters. The number of halogens is 1. The number of rotatable bonds is 6. The van der Waals surface area contributed by atoms with Gasteiger partial charge in [-0.3, -0.25) is 14.5 Å². The first-order valence-corrected chi connectivity index (χ1v) is 8.79. The molecule has 26 heavy (non-hydrogen) atoms. The van der Waals surface area contributed by atoms with Crippen molar-refractivity contribution < 1.29 is 23.8 Å². The number of hydrogen-bond acceptors (Lipinski definition) is 5. The van der Waals surface area contributed by atoms with Crippen LogP contribution in [0.25, 0.3) is 0 Å². The third-order valence-corrected chi connectivity index (χ3v) is 4.82. The van der Waals surface area contributed by atoms with E-state index in [1.54, 1.807) is 6.07 Å². The largest absolute Gasteiger partial charge is 0.503 e. The van der Waals surface area contributed by atoms with E-state index in [1.165, 1.54) is 30.0 Å². The van der Waals surface area contributed by atoms with E-state index in [4.69, 9.17) is 4.74 Å². The zero-order valence-electron chi connectivity index (χ0n) is 14.8. The molecule has 0 saturated carbocycles. The number of aliphatic hydroxyl groups is 1. The Kier molecular flexibility index (Phi) is 5.68. The smallest absolute Gasteiger partial charge is 0.290 e. The molecule has 1 saturated heterocycles. The Balaban J connectivity index is 1.78. The highest BCUT2D eigenvalue weighted by molar-refractivity contribution is 6.08. The predicted molar refractivity (Wildman–Crippen MR) is 93.1 cm³/mol. The number of nitrogens with zero attached hydrogens (tertiary/aromatic N) is 2. The van der Waals surface area contributed by atoms with E-state index in [1.807, 2.05) is 0 Å². The van der Waals surface area contributed by atoms with Crippen LogP contribution in [0.1, 0.15) is 24.9 Å². The SMILES string of the molecule is CC(=O)C1=C(O)C(=O)N(CCCN2CCOCC2)C1c1cccc(F)c1. The molecular formula is C19H23FN2O4. The molecule has 7 heteroatoms. The molecule has 2 heterocycles. The normalized spacial score (nSPS) is 21.5. The summed E-state index contributed by atoms with van der Waals surface area (Å²) in [7, 11) is 0. The Bertz CT molecular complexity index is 728. The van der Waals surface area contributed by atoms with Crippen LogP contribution in [-0.2, 0) is 14.3 Å². The maximum atomic E-state index is 13.7. The summed E-state index contributed by atoms with van der Waals surface area (Å²) >= 11 is 0. The predicted octanol–water partition coefficient (Wildman–Crippen LogP) is 1.83. The van der Waals surface area contributed by atoms with E-state index in [-0.39, 0.29) is 11.4 Å². The molecule has 1 amide bonds. The summed E-state index contributed by atoms with van der Waals surface area (Å²) in [5, 5.41) is 10.2. The van der Waals surface area contributed by atoms with Crippen LogP contribution in [0.5, 0.6) is 0 Å². The lowest BCUT2D eigenvalue weighted by Crippen LogP contribution is -2.39. The van der Waals surface area contributed by atoms with Crippen LogP contribution in [0.15, 0.2) is 35.6 Å². The summed E-state index contributed by atoms with van der Waals surface area (Å²) in [6, 6.07) is 5.06. The Hall–Kier alpha value is -2.25. The lowest BCUT2D eigenvalue weighted by molar-refractivity contribution is -0.129. The molecule has 2 aliphatic heterocycles. The Labute approximate surface area is 151 Å². The van der Waals surface area contributed by atoms with Crippen LogP contribution in [0.3, 0.4) is 0 Å². The molecule has 2 aliphatic rings. The maximum absolute atomic E-state index is 13.7. The summed E-state index contributed by atoms with van der Waals surface area (Å²) in [5.74, 6) is -1.94. The first kappa shape index (κ1) is 18.5. The van der Waals surface area contributed by atoms with Gasteiger partial charge in [-0.05, 0) is 31.0 Å². The van der Waals surface area contributed by atoms with Crippen molar-refractivity contribution in [1.29, 1.82) is 0 Å². The number of benzene rings is 1. The molecule has 1 aromatic carbocycles. The number of amides is 1. The van der Waals surface area contributed by atoms with Gasteiger partial charge in [0.05, 0.1) is 24.8 Å². The van der Waals surface area contributed by atoms with Crippen LogP contribution in [-0.4, -0.2) is 66.0 Å². The fourth-order valence-corrected chi connectivity index (χ4v) is 3.56. The van der Waals surface area contributed by atoms with E-state index in [2.05, 4.69) is 4.90 Å². The van der Waals surface area contributed by atoms with Crippen molar-refractivity contribution in [3.8, 4) is 0 Å². The Morgan fingerprint density at radius 2 is 2.04 bits per heavy atom. The Morgan fingerprint density at radius 3 is 2.69 bits per heavy atom. The van der Waals surface area contributed by atoms with Gasteiger partial charge in [-0.15, -0.1) is 0 Å². The first-order valence-electron chi connectivity index (χ1n) is 8.79. The average molecular weight is 362 g/mol. The van der Waals surface area contributed by atoms with Gasteiger partial charge in [0.25, 0.3) is 5.91 Å². The zero-order valence-corrected chi connectivity index (χ0v) is 14.8. The molecule has 0 aliphatic carbocycles. The number of Topliss-reactive ketones (excluding diaryl/α,β-unsaturated/α-hetero) is 1. The van der Waals surface area contributed by atoms with Crippen LogP contribution in [0.4, 0.5) is 4.39 Å². The van der Waals surface area contributed by atoms with Crippen molar-refractivity contribution >= 4 is 11.7 Å². The molecule has 140 valence electrons. The molecule has 0 spiro atoms. The zero-order chi connectivity index (χ0) is 18.7. The quantitative estimate of drug-likeness (QED) is 0.836. The van der Waals surface area contributed by atoms with Crippen LogP contribution in [0, 0.1) is 5.82 Å². The number of morpholine rings is 1. The van der Waals surface area contributed by atoms with Crippen molar-refractivity contribution in [2.75, 3.05) is 39.4 Å². The van der Waals surface area contributed by atoms with E-state index in [0.717, 1.165) is 19.6 Å². The summed E-state index contributed by atoms with van der Waals surface area (Å²) in [6.07, 6.45) is 0.690. The van der Waals surface area contributed by atoms with Crippen molar-refractivity contribution in [3.05, 3.63) is 47.0 Å². The van der Waals surface area contributed by atoms with E-state index in [9.17, 15) is 19.1 Å². The highest BCUT2D eigenvalue weighted by atomic mass is 19.1. The number of carbonyl (C=O) groups is 2. The van der Waals surface area contributed by atoms with E-state index < -0.39 is 23.5 Å². The number of hydrogen-bond donors (Lipinski definition) is 1. The molecule has 1 aromatic rings. The molecule has 1 fully saturated rings. The van der Waals surface area contributed by atoms with Gasteiger partial charge in [0, 0.05) is 26.2 Å². The molecule has 0 radical (unpaired) electrons. The average Bonchev–Trinajstić information content (AvgIpc) is 2.88. The van der Waals surface area contributed by atoms with Crippen molar-refractivity contribution in [2.45, 2.75) is 19.4 Å². The van der Waals surface area contributed by atoms with Gasteiger partial charge in [0.15, 0.2) is 11.5 Å². The van der Waals surface area contributed by atoms with E-state index in [0.29, 0.717) is 31.7 Å². The monoisotopic (exact) mass is 362 g/mol. The maximum Gasteiger partial charge on any atom is 0.290 e. The first-order chi connectivity index (χ1) is 12.5. The van der Waals surface area contributed by atoms with Gasteiger partial charge in [-0.1, -0.05) is 12.1 Å². The fourth-order valence-electron chi connectivity index (χ4n) is 3.56. The van der Waals surface area contributed by atoms with Gasteiger partial charge in [0.2, 0.25) is 0 Å². The third-order valence-electron chi connectivity index (χ3n) is 4.82. The van der Waals surface area contributed by atoms with Crippen LogP contribution < -0.4 is 0 Å².